The van der Waals surface area contributed by atoms with Crippen molar-refractivity contribution in [2.24, 2.45) is 0 Å². The summed E-state index contributed by atoms with van der Waals surface area (Å²) in [6, 6.07) is 8.45. The van der Waals surface area contributed by atoms with Gasteiger partial charge in [-0.15, -0.1) is 0 Å². The summed E-state index contributed by atoms with van der Waals surface area (Å²) in [7, 11) is 0. The maximum absolute atomic E-state index is 4.59. The smallest absolute Gasteiger partial charge is 0.160 e. The minimum atomic E-state index is 0.791. The van der Waals surface area contributed by atoms with Crippen LogP contribution in [-0.2, 0) is 12.8 Å². The fourth-order valence-electron chi connectivity index (χ4n) is 1.98. The van der Waals surface area contributed by atoms with E-state index in [1.54, 1.807) is 0 Å². The minimum absolute atomic E-state index is 0.791. The fraction of sp³-hybridized carbons (Fsp3) is 0.333. The highest BCUT2D eigenvalue weighted by Gasteiger charge is 2.09. The Hall–Kier alpha value is -1.22. The first kappa shape index (κ1) is 13.2. The van der Waals surface area contributed by atoms with E-state index in [2.05, 4.69) is 64.0 Å². The molecule has 0 saturated heterocycles. The molecule has 0 radical (unpaired) electrons. The van der Waals surface area contributed by atoms with Gasteiger partial charge in [0.15, 0.2) is 5.82 Å². The van der Waals surface area contributed by atoms with Crippen LogP contribution in [0.4, 0.5) is 0 Å². The van der Waals surface area contributed by atoms with Gasteiger partial charge < -0.3 is 0 Å². The lowest BCUT2D eigenvalue weighted by molar-refractivity contribution is 0.980. The highest BCUT2D eigenvalue weighted by molar-refractivity contribution is 9.10. The largest absolute Gasteiger partial charge is 0.233 e. The Morgan fingerprint density at radius 1 is 1.00 bits per heavy atom. The van der Waals surface area contributed by atoms with Crippen LogP contribution in [0, 0.1) is 6.92 Å². The van der Waals surface area contributed by atoms with E-state index in [4.69, 9.17) is 0 Å². The molecule has 0 amide bonds. The van der Waals surface area contributed by atoms with Gasteiger partial charge in [0.05, 0.1) is 0 Å². The lowest BCUT2D eigenvalue weighted by Gasteiger charge is -2.08. The molecule has 0 saturated carbocycles. The summed E-state index contributed by atoms with van der Waals surface area (Å²) in [4.78, 5) is 9.13. The standard InChI is InChI=1S/C15H17BrN2/c1-4-11-6-8-12(9-7-11)15-17-10(3)13(5-2)14(16)18-15/h6-9H,4-5H2,1-3H3. The maximum Gasteiger partial charge on any atom is 0.160 e. The number of hydrogen-bond donors (Lipinski definition) is 0. The van der Waals surface area contributed by atoms with Crippen LogP contribution in [0.1, 0.15) is 30.7 Å². The molecule has 94 valence electrons. The molecule has 0 N–H and O–H groups in total. The molecule has 1 heterocycles. The van der Waals surface area contributed by atoms with E-state index in [0.29, 0.717) is 0 Å². The first-order valence-electron chi connectivity index (χ1n) is 6.28. The molecule has 2 nitrogen and oxygen atoms in total. The van der Waals surface area contributed by atoms with Crippen LogP contribution in [-0.4, -0.2) is 9.97 Å². The zero-order chi connectivity index (χ0) is 13.1. The molecule has 0 aliphatic rings. The second-order valence-electron chi connectivity index (χ2n) is 4.31. The van der Waals surface area contributed by atoms with Gasteiger partial charge in [0.2, 0.25) is 0 Å². The molecule has 2 rings (SSSR count). The van der Waals surface area contributed by atoms with E-state index < -0.39 is 0 Å². The lowest BCUT2D eigenvalue weighted by atomic mass is 10.1. The molecule has 3 heteroatoms. The second-order valence-corrected chi connectivity index (χ2v) is 5.06. The van der Waals surface area contributed by atoms with Crippen LogP contribution in [0.5, 0.6) is 0 Å². The summed E-state index contributed by atoms with van der Waals surface area (Å²) >= 11 is 3.53. The summed E-state index contributed by atoms with van der Waals surface area (Å²) in [5, 5.41) is 0. The zero-order valence-corrected chi connectivity index (χ0v) is 12.6. The van der Waals surface area contributed by atoms with Crippen molar-refractivity contribution in [3.05, 3.63) is 45.7 Å². The van der Waals surface area contributed by atoms with E-state index >= 15 is 0 Å². The van der Waals surface area contributed by atoms with Gasteiger partial charge in [0, 0.05) is 16.8 Å². The van der Waals surface area contributed by atoms with Crippen LogP contribution in [0.3, 0.4) is 0 Å². The molecule has 0 unspecified atom stereocenters. The molecule has 0 aliphatic carbocycles. The van der Waals surface area contributed by atoms with Gasteiger partial charge in [-0.05, 0) is 41.3 Å². The van der Waals surface area contributed by atoms with Crippen molar-refractivity contribution in [1.29, 1.82) is 0 Å². The minimum Gasteiger partial charge on any atom is -0.233 e. The molecule has 18 heavy (non-hydrogen) atoms. The third kappa shape index (κ3) is 2.61. The van der Waals surface area contributed by atoms with Gasteiger partial charge in [0.1, 0.15) is 4.60 Å². The van der Waals surface area contributed by atoms with Crippen LogP contribution in [0.25, 0.3) is 11.4 Å². The normalized spacial score (nSPS) is 10.7. The molecule has 0 bridgehead atoms. The third-order valence-corrected chi connectivity index (χ3v) is 3.79. The number of nitrogens with zero attached hydrogens (tertiary/aromatic N) is 2. The summed E-state index contributed by atoms with van der Waals surface area (Å²) in [6.45, 7) is 6.31. The zero-order valence-electron chi connectivity index (χ0n) is 11.0. The topological polar surface area (TPSA) is 25.8 Å². The quantitative estimate of drug-likeness (QED) is 0.788. The number of hydrogen-bond acceptors (Lipinski definition) is 2. The third-order valence-electron chi connectivity index (χ3n) is 3.14. The summed E-state index contributed by atoms with van der Waals surface area (Å²) in [5.74, 6) is 0.791. The Kier molecular flexibility index (Phi) is 4.12. The molecule has 1 aromatic carbocycles. The molecular weight excluding hydrogens is 288 g/mol. The van der Waals surface area contributed by atoms with Gasteiger partial charge >= 0.3 is 0 Å². The monoisotopic (exact) mass is 304 g/mol. The Labute approximate surface area is 117 Å². The SMILES string of the molecule is CCc1ccc(-c2nc(C)c(CC)c(Br)n2)cc1. The summed E-state index contributed by atoms with van der Waals surface area (Å²) in [5.41, 5.74) is 4.64. The highest BCUT2D eigenvalue weighted by atomic mass is 79.9. The Morgan fingerprint density at radius 3 is 2.17 bits per heavy atom. The maximum atomic E-state index is 4.59. The van der Waals surface area contributed by atoms with Gasteiger partial charge in [-0.25, -0.2) is 9.97 Å². The van der Waals surface area contributed by atoms with Crippen LogP contribution >= 0.6 is 15.9 Å². The number of benzene rings is 1. The van der Waals surface area contributed by atoms with Crippen LogP contribution in [0.15, 0.2) is 28.9 Å². The Bertz CT molecular complexity index is 524. The fourth-order valence-corrected chi connectivity index (χ4v) is 2.72. The van der Waals surface area contributed by atoms with Crippen molar-refractivity contribution in [3.8, 4) is 11.4 Å². The average molecular weight is 305 g/mol. The predicted octanol–water partition coefficient (Wildman–Crippen LogP) is 4.34. The molecule has 0 fully saturated rings. The predicted molar refractivity (Wildman–Crippen MR) is 78.7 cm³/mol. The Morgan fingerprint density at radius 2 is 1.67 bits per heavy atom. The second kappa shape index (κ2) is 5.61. The van der Waals surface area contributed by atoms with Gasteiger partial charge in [-0.2, -0.15) is 0 Å². The van der Waals surface area contributed by atoms with Crippen molar-refractivity contribution >= 4 is 15.9 Å². The molecular formula is C15H17BrN2. The summed E-state index contributed by atoms with van der Waals surface area (Å²) in [6.07, 6.45) is 2.00. The van der Waals surface area contributed by atoms with Crippen molar-refractivity contribution in [1.82, 2.24) is 9.97 Å². The van der Waals surface area contributed by atoms with Crippen LogP contribution in [0.2, 0.25) is 0 Å². The first-order valence-corrected chi connectivity index (χ1v) is 7.07. The van der Waals surface area contributed by atoms with Crippen molar-refractivity contribution in [2.45, 2.75) is 33.6 Å². The van der Waals surface area contributed by atoms with E-state index in [-0.39, 0.29) is 0 Å². The van der Waals surface area contributed by atoms with E-state index in [0.717, 1.165) is 34.5 Å². The molecule has 0 spiro atoms. The van der Waals surface area contributed by atoms with E-state index in [1.165, 1.54) is 11.1 Å². The highest BCUT2D eigenvalue weighted by Crippen LogP contribution is 2.23. The molecule has 0 aliphatic heterocycles. The molecule has 0 atom stereocenters. The van der Waals surface area contributed by atoms with Crippen molar-refractivity contribution in [2.75, 3.05) is 0 Å². The number of halogens is 1. The number of rotatable bonds is 3. The number of aryl methyl sites for hydroxylation is 2. The van der Waals surface area contributed by atoms with E-state index in [9.17, 15) is 0 Å². The van der Waals surface area contributed by atoms with Crippen molar-refractivity contribution in [3.63, 3.8) is 0 Å². The van der Waals surface area contributed by atoms with E-state index in [1.807, 2.05) is 6.92 Å². The molecule has 2 aromatic rings. The first-order chi connectivity index (χ1) is 8.65. The van der Waals surface area contributed by atoms with Crippen molar-refractivity contribution < 1.29 is 0 Å². The van der Waals surface area contributed by atoms with Gasteiger partial charge in [-0.1, -0.05) is 38.1 Å². The molecule has 1 aromatic heterocycles. The lowest BCUT2D eigenvalue weighted by Crippen LogP contribution is -1.99. The van der Waals surface area contributed by atoms with Crippen LogP contribution < -0.4 is 0 Å². The van der Waals surface area contributed by atoms with Gasteiger partial charge in [0.25, 0.3) is 0 Å². The number of aromatic nitrogens is 2. The summed E-state index contributed by atoms with van der Waals surface area (Å²) < 4.78 is 0.909. The average Bonchev–Trinajstić information content (AvgIpc) is 2.38. The Balaban J connectivity index is 2.44. The van der Waals surface area contributed by atoms with Gasteiger partial charge in [-0.3, -0.25) is 0 Å².